The van der Waals surface area contributed by atoms with E-state index in [1.54, 1.807) is 6.33 Å². The molecule has 0 radical (unpaired) electrons. The van der Waals surface area contributed by atoms with Crippen LogP contribution in [0.4, 0.5) is 0 Å². The maximum atomic E-state index is 6.51. The van der Waals surface area contributed by atoms with E-state index >= 15 is 0 Å². The van der Waals surface area contributed by atoms with Crippen molar-refractivity contribution in [2.24, 2.45) is 0 Å². The van der Waals surface area contributed by atoms with Crippen molar-refractivity contribution in [1.29, 1.82) is 0 Å². The molecule has 0 aromatic carbocycles. The molecule has 8 heteroatoms. The van der Waals surface area contributed by atoms with Crippen molar-refractivity contribution in [3.05, 3.63) is 11.5 Å². The molecule has 1 aliphatic rings. The minimum atomic E-state index is -1.28. The van der Waals surface area contributed by atoms with Gasteiger partial charge in [-0.2, -0.15) is 0 Å². The first-order valence-corrected chi connectivity index (χ1v) is 12.1. The van der Waals surface area contributed by atoms with Crippen molar-refractivity contribution in [2.75, 3.05) is 6.23 Å². The summed E-state index contributed by atoms with van der Waals surface area (Å²) in [5, 5.41) is 0.506. The van der Waals surface area contributed by atoms with Crippen LogP contribution in [0.2, 0.25) is 24.8 Å². The number of hydrogen-bond donors (Lipinski definition) is 0. The number of rotatable bonds is 5. The third-order valence-electron chi connectivity index (χ3n) is 4.39. The fraction of sp³-hybridized carbons (Fsp3) is 0.800. The minimum absolute atomic E-state index is 0.169. The molecular formula is C15H28BClN2O3Si. The van der Waals surface area contributed by atoms with Crippen LogP contribution in [0, 0.1) is 0 Å². The molecule has 0 bridgehead atoms. The van der Waals surface area contributed by atoms with Gasteiger partial charge in [-0.15, -0.1) is 0 Å². The molecule has 1 unspecified atom stereocenters. The largest absolute Gasteiger partial charge is 0.517 e. The predicted octanol–water partition coefficient (Wildman–Crippen LogP) is 3.25. The fourth-order valence-corrected chi connectivity index (χ4v) is 3.24. The lowest BCUT2D eigenvalue weighted by Gasteiger charge is -2.32. The molecule has 130 valence electrons. The van der Waals surface area contributed by atoms with Crippen LogP contribution < -0.4 is 5.59 Å². The lowest BCUT2D eigenvalue weighted by molar-refractivity contribution is 0.00578. The third kappa shape index (κ3) is 4.02. The van der Waals surface area contributed by atoms with Gasteiger partial charge < -0.3 is 14.0 Å². The number of ether oxygens (including phenoxy) is 1. The third-order valence-corrected chi connectivity index (χ3v) is 5.81. The molecule has 23 heavy (non-hydrogen) atoms. The second-order valence-corrected chi connectivity index (χ2v) is 14.2. The van der Waals surface area contributed by atoms with Crippen LogP contribution in [0.3, 0.4) is 0 Å². The summed E-state index contributed by atoms with van der Waals surface area (Å²) in [6.45, 7) is 16.8. The van der Waals surface area contributed by atoms with Gasteiger partial charge in [-0.25, -0.2) is 4.98 Å². The zero-order valence-corrected chi connectivity index (χ0v) is 17.2. The van der Waals surface area contributed by atoms with Crippen LogP contribution >= 0.6 is 11.6 Å². The Morgan fingerprint density at radius 3 is 2.26 bits per heavy atom. The Hall–Kier alpha value is -0.338. The molecule has 0 amide bonds. The molecule has 5 nitrogen and oxygen atoms in total. The zero-order valence-electron chi connectivity index (χ0n) is 15.4. The van der Waals surface area contributed by atoms with Crippen molar-refractivity contribution < 1.29 is 14.0 Å². The Morgan fingerprint density at radius 1 is 1.26 bits per heavy atom. The van der Waals surface area contributed by atoms with E-state index in [-0.39, 0.29) is 6.23 Å². The minimum Gasteiger partial charge on any atom is -0.398 e. The van der Waals surface area contributed by atoms with Gasteiger partial charge in [0.15, 0.2) is 0 Å². The molecule has 0 N–H and O–H groups in total. The molecule has 0 spiro atoms. The van der Waals surface area contributed by atoms with E-state index in [4.69, 9.17) is 25.6 Å². The van der Waals surface area contributed by atoms with Gasteiger partial charge in [0, 0.05) is 6.23 Å². The topological polar surface area (TPSA) is 45.5 Å². The first kappa shape index (κ1) is 19.0. The highest BCUT2D eigenvalue weighted by molar-refractivity contribution is 6.76. The first-order valence-electron chi connectivity index (χ1n) is 8.03. The van der Waals surface area contributed by atoms with Crippen LogP contribution in [0.15, 0.2) is 6.33 Å². The summed E-state index contributed by atoms with van der Waals surface area (Å²) >= 11 is 6.51. The Bertz CT molecular complexity index is 556. The van der Waals surface area contributed by atoms with Gasteiger partial charge in [-0.3, -0.25) is 4.57 Å². The quantitative estimate of drug-likeness (QED) is 0.758. The maximum Gasteiger partial charge on any atom is 0.517 e. The predicted molar refractivity (Wildman–Crippen MR) is 97.0 cm³/mol. The average molecular weight is 359 g/mol. The summed E-state index contributed by atoms with van der Waals surface area (Å²) in [7, 11) is -1.83. The molecule has 2 rings (SSSR count). The van der Waals surface area contributed by atoms with Crippen LogP contribution in [0.5, 0.6) is 0 Å². The van der Waals surface area contributed by atoms with E-state index < -0.39 is 26.4 Å². The van der Waals surface area contributed by atoms with Crippen LogP contribution in [-0.4, -0.2) is 42.2 Å². The number of hydrogen-bond acceptors (Lipinski definition) is 4. The molecule has 2 heterocycles. The van der Waals surface area contributed by atoms with Crippen molar-refractivity contribution in [1.82, 2.24) is 9.55 Å². The van der Waals surface area contributed by atoms with E-state index in [9.17, 15) is 0 Å². The van der Waals surface area contributed by atoms with Gasteiger partial charge in [0.1, 0.15) is 17.0 Å². The van der Waals surface area contributed by atoms with Crippen LogP contribution in [0.1, 0.15) is 40.8 Å². The lowest BCUT2D eigenvalue weighted by atomic mass is 9.85. The highest BCUT2D eigenvalue weighted by Crippen LogP contribution is 2.37. The smallest absolute Gasteiger partial charge is 0.398 e. The molecular weight excluding hydrogens is 331 g/mol. The second-order valence-electron chi connectivity index (χ2n) is 8.39. The van der Waals surface area contributed by atoms with Crippen LogP contribution in [-0.2, 0) is 14.0 Å². The summed E-state index contributed by atoms with van der Waals surface area (Å²) in [5.41, 5.74) is -0.219. The van der Waals surface area contributed by atoms with E-state index in [2.05, 4.69) is 24.6 Å². The normalized spacial score (nSPS) is 21.7. The van der Waals surface area contributed by atoms with Crippen molar-refractivity contribution in [3.63, 3.8) is 0 Å². The first-order chi connectivity index (χ1) is 10.3. The second kappa shape index (κ2) is 6.19. The highest BCUT2D eigenvalue weighted by Gasteiger charge is 2.53. The summed E-state index contributed by atoms with van der Waals surface area (Å²) in [5.74, 6) is 0. The van der Waals surface area contributed by atoms with Gasteiger partial charge in [-0.1, -0.05) is 31.2 Å². The van der Waals surface area contributed by atoms with E-state index in [0.717, 1.165) is 6.23 Å². The standard InChI is InChI=1S/C15H28BClN2O3Si/c1-11(20-10-23(6,7)8)19-9-18-12(13(19)17)16-21-14(2,3)15(4,5)22-16/h9,11H,10H2,1-8H3. The fourth-order valence-electron chi connectivity index (χ4n) is 2.18. The molecule has 1 aliphatic heterocycles. The average Bonchev–Trinajstić information content (AvgIpc) is 2.84. The van der Waals surface area contributed by atoms with Gasteiger partial charge >= 0.3 is 7.12 Å². The summed E-state index contributed by atoms with van der Waals surface area (Å²) in [6, 6.07) is 0. The van der Waals surface area contributed by atoms with E-state index in [1.807, 2.05) is 39.2 Å². The molecule has 1 fully saturated rings. The monoisotopic (exact) mass is 358 g/mol. The van der Waals surface area contributed by atoms with E-state index in [0.29, 0.717) is 10.7 Å². The maximum absolute atomic E-state index is 6.51. The Balaban J connectivity index is 2.14. The SMILES string of the molecule is CC(OC[Si](C)(C)C)n1cnc(B2OC(C)(C)C(C)(C)O2)c1Cl. The van der Waals surface area contributed by atoms with Crippen molar-refractivity contribution >= 4 is 32.4 Å². The van der Waals surface area contributed by atoms with Crippen LogP contribution in [0.25, 0.3) is 0 Å². The van der Waals surface area contributed by atoms with Gasteiger partial charge in [-0.05, 0) is 34.6 Å². The highest BCUT2D eigenvalue weighted by atomic mass is 35.5. The lowest BCUT2D eigenvalue weighted by Crippen LogP contribution is -2.41. The molecule has 0 saturated carbocycles. The van der Waals surface area contributed by atoms with Gasteiger partial charge in [0.05, 0.1) is 25.6 Å². The number of aromatic nitrogens is 2. The molecule has 1 saturated heterocycles. The van der Waals surface area contributed by atoms with Gasteiger partial charge in [0.25, 0.3) is 0 Å². The molecule has 1 aromatic heterocycles. The Morgan fingerprint density at radius 2 is 1.78 bits per heavy atom. The zero-order chi connectivity index (χ0) is 17.6. The summed E-state index contributed by atoms with van der Waals surface area (Å²) < 4.78 is 19.8. The molecule has 0 aliphatic carbocycles. The Kier molecular flexibility index (Phi) is 5.11. The van der Waals surface area contributed by atoms with Gasteiger partial charge in [0.2, 0.25) is 0 Å². The number of halogens is 1. The summed E-state index contributed by atoms with van der Waals surface area (Å²) in [4.78, 5) is 4.41. The number of imidazole rings is 1. The van der Waals surface area contributed by atoms with E-state index in [1.165, 1.54) is 0 Å². The molecule has 1 atom stereocenters. The van der Waals surface area contributed by atoms with Crippen molar-refractivity contribution in [3.8, 4) is 0 Å². The summed E-state index contributed by atoms with van der Waals surface area (Å²) in [6.07, 6.45) is 2.30. The molecule has 1 aromatic rings. The number of nitrogens with zero attached hydrogens (tertiary/aromatic N) is 2. The van der Waals surface area contributed by atoms with Crippen molar-refractivity contribution in [2.45, 2.75) is 71.7 Å². The Labute approximate surface area is 145 Å².